The number of carboxylic acids is 2. The van der Waals surface area contributed by atoms with Crippen molar-refractivity contribution in [3.8, 4) is 23.0 Å². The molecule has 13 nitrogen and oxygen atoms in total. The van der Waals surface area contributed by atoms with Gasteiger partial charge in [-0.3, -0.25) is 14.5 Å². The molecule has 52 heavy (non-hydrogen) atoms. The predicted octanol–water partition coefficient (Wildman–Crippen LogP) is 4.87. The number of nitrogens with zero attached hydrogens (tertiary/aromatic N) is 3. The van der Waals surface area contributed by atoms with Crippen LogP contribution in [0.3, 0.4) is 0 Å². The van der Waals surface area contributed by atoms with E-state index in [1.54, 1.807) is 51.2 Å². The summed E-state index contributed by atoms with van der Waals surface area (Å²) >= 11 is 1.61. The third-order valence-corrected chi connectivity index (χ3v) is 10.5. The van der Waals surface area contributed by atoms with Crippen LogP contribution in [0, 0.1) is 0 Å². The maximum atomic E-state index is 14.2. The smallest absolute Gasteiger partial charge is 0.414 e. The molecular formula is C38H45N3O10S. The molecule has 278 valence electrons. The van der Waals surface area contributed by atoms with Gasteiger partial charge >= 0.3 is 11.9 Å². The molecule has 14 heteroatoms. The van der Waals surface area contributed by atoms with Crippen molar-refractivity contribution in [1.29, 1.82) is 0 Å². The first kappa shape index (κ1) is 39.6. The third kappa shape index (κ3) is 9.36. The summed E-state index contributed by atoms with van der Waals surface area (Å²) in [5.74, 6) is -0.963. The van der Waals surface area contributed by atoms with Gasteiger partial charge in [0.25, 0.3) is 0 Å². The topological polar surface area (TPSA) is 155 Å². The van der Waals surface area contributed by atoms with Gasteiger partial charge in [-0.15, -0.1) is 11.8 Å². The molecule has 3 aromatic rings. The van der Waals surface area contributed by atoms with Crippen molar-refractivity contribution >= 4 is 47.3 Å². The van der Waals surface area contributed by atoms with Crippen LogP contribution in [0.2, 0.25) is 0 Å². The van der Waals surface area contributed by atoms with Crippen LogP contribution in [0.25, 0.3) is 6.08 Å². The monoisotopic (exact) mass is 735 g/mol. The lowest BCUT2D eigenvalue weighted by molar-refractivity contribution is -0.159. The second kappa shape index (κ2) is 18.3. The molecule has 2 N–H and O–H groups in total. The summed E-state index contributed by atoms with van der Waals surface area (Å²) in [6, 6.07) is 19.3. The molecule has 1 atom stereocenters. The molecule has 1 saturated heterocycles. The highest BCUT2D eigenvalue weighted by molar-refractivity contribution is 8.01. The molecule has 1 fully saturated rings. The van der Waals surface area contributed by atoms with Gasteiger partial charge in [-0.1, -0.05) is 18.2 Å². The number of methoxy groups -OCH3 is 4. The normalized spacial score (nSPS) is 17.1. The van der Waals surface area contributed by atoms with Gasteiger partial charge in [-0.25, -0.2) is 9.59 Å². The fraction of sp³-hybridized carbons (Fsp3) is 0.368. The molecule has 2 heterocycles. The van der Waals surface area contributed by atoms with Gasteiger partial charge in [0.2, 0.25) is 11.8 Å². The summed E-state index contributed by atoms with van der Waals surface area (Å²) in [7, 11) is 8.33. The van der Waals surface area contributed by atoms with Crippen molar-refractivity contribution in [2.24, 2.45) is 0 Å². The molecule has 0 bridgehead atoms. The van der Waals surface area contributed by atoms with Gasteiger partial charge in [-0.2, -0.15) is 0 Å². The molecule has 1 unspecified atom stereocenters. The summed E-state index contributed by atoms with van der Waals surface area (Å²) < 4.78 is 21.2. The van der Waals surface area contributed by atoms with Gasteiger partial charge < -0.3 is 39.0 Å². The van der Waals surface area contributed by atoms with Crippen LogP contribution in [0.5, 0.6) is 23.0 Å². The summed E-state index contributed by atoms with van der Waals surface area (Å²) in [6.45, 7) is 3.88. The number of unbranched alkanes of at least 4 members (excludes halogenated alkanes) is 1. The van der Waals surface area contributed by atoms with Crippen molar-refractivity contribution in [1.82, 2.24) is 9.80 Å². The van der Waals surface area contributed by atoms with Gasteiger partial charge in [0.1, 0.15) is 16.2 Å². The molecular weight excluding hydrogens is 690 g/mol. The van der Waals surface area contributed by atoms with E-state index in [2.05, 4.69) is 11.0 Å². The Kier molecular flexibility index (Phi) is 14.0. The van der Waals surface area contributed by atoms with E-state index in [-0.39, 0.29) is 11.8 Å². The first-order valence-corrected chi connectivity index (χ1v) is 17.5. The summed E-state index contributed by atoms with van der Waals surface area (Å²) in [5.41, 5.74) is 2.62. The van der Waals surface area contributed by atoms with Crippen molar-refractivity contribution in [2.45, 2.75) is 28.9 Å². The highest BCUT2D eigenvalue weighted by Crippen LogP contribution is 2.55. The van der Waals surface area contributed by atoms with Gasteiger partial charge in [0.15, 0.2) is 11.5 Å². The number of benzene rings is 3. The lowest BCUT2D eigenvalue weighted by Crippen LogP contribution is -2.48. The maximum Gasteiger partial charge on any atom is 0.414 e. The zero-order chi connectivity index (χ0) is 37.8. The van der Waals surface area contributed by atoms with E-state index in [9.17, 15) is 9.59 Å². The Bertz CT molecular complexity index is 1760. The van der Waals surface area contributed by atoms with Crippen molar-refractivity contribution in [2.75, 3.05) is 73.1 Å². The van der Waals surface area contributed by atoms with Crippen LogP contribution in [0.4, 0.5) is 5.69 Å². The second-order valence-corrected chi connectivity index (χ2v) is 13.4. The van der Waals surface area contributed by atoms with Crippen LogP contribution in [0.15, 0.2) is 71.6 Å². The Labute approximate surface area is 307 Å². The van der Waals surface area contributed by atoms with Crippen LogP contribution in [-0.2, 0) is 23.9 Å². The lowest BCUT2D eigenvalue weighted by Gasteiger charge is -2.41. The number of carbonyl (C=O) groups excluding carboxylic acids is 2. The second-order valence-electron chi connectivity index (χ2n) is 12.0. The number of amides is 2. The number of aliphatic carboxylic acids is 2. The number of carbonyl (C=O) groups is 4. The molecule has 5 rings (SSSR count). The van der Waals surface area contributed by atoms with Crippen LogP contribution in [0.1, 0.15) is 30.4 Å². The van der Waals surface area contributed by atoms with Gasteiger partial charge in [0, 0.05) is 49.8 Å². The molecule has 0 saturated carbocycles. The first-order chi connectivity index (χ1) is 25.0. The van der Waals surface area contributed by atoms with E-state index in [1.807, 2.05) is 72.6 Å². The Balaban J connectivity index is 0.000000929. The summed E-state index contributed by atoms with van der Waals surface area (Å²) in [6.07, 6.45) is 5.86. The first-order valence-electron chi connectivity index (χ1n) is 16.6. The number of ether oxygens (including phenoxy) is 4. The Morgan fingerprint density at radius 1 is 0.808 bits per heavy atom. The SMILES string of the molecule is COc1ccc(OC)c(C2(CCCCN3CCN(C(=O)C=Cc4ccc(OC)c(OC)c4)CC3)Sc3ccccc3N(C)C2=O)c1.O=C(O)C(=O)O. The highest BCUT2D eigenvalue weighted by atomic mass is 32.2. The molecule has 0 radical (unpaired) electrons. The van der Waals surface area contributed by atoms with E-state index in [0.29, 0.717) is 42.5 Å². The lowest BCUT2D eigenvalue weighted by atomic mass is 9.89. The average molecular weight is 736 g/mol. The number of anilines is 1. The minimum Gasteiger partial charge on any atom is -0.497 e. The fourth-order valence-corrected chi connectivity index (χ4v) is 7.73. The number of fused-ring (bicyclic) bond motifs is 1. The number of hydrogen-bond acceptors (Lipinski definition) is 10. The van der Waals surface area contributed by atoms with E-state index in [0.717, 1.165) is 54.2 Å². The highest BCUT2D eigenvalue weighted by Gasteiger charge is 2.48. The van der Waals surface area contributed by atoms with E-state index in [4.69, 9.17) is 38.7 Å². The minimum absolute atomic E-state index is 0.000787. The number of thioether (sulfide) groups is 1. The molecule has 2 aliphatic rings. The summed E-state index contributed by atoms with van der Waals surface area (Å²) in [4.78, 5) is 52.5. The molecule has 0 aromatic heterocycles. The van der Waals surface area contributed by atoms with Crippen LogP contribution in [-0.4, -0.2) is 112 Å². The Morgan fingerprint density at radius 2 is 1.46 bits per heavy atom. The molecule has 3 aromatic carbocycles. The number of piperazine rings is 1. The standard InChI is InChI=1S/C36H43N3O6S.C2H2O4/c1-37-29-10-6-7-11-33(29)46-36(35(37)41,28-25-27(42-2)14-16-30(28)43-3)18-8-9-19-38-20-22-39(23-21-38)34(40)17-13-26-12-15-31(44-4)32(24-26)45-5;3-1(4)2(5)6/h6-7,10-17,24-25H,8-9,18-23H2,1-5H3;(H,3,4)(H,5,6). The maximum absolute atomic E-state index is 14.2. The Hall–Kier alpha value is -5.21. The zero-order valence-corrected chi connectivity index (χ0v) is 30.8. The number of para-hydroxylation sites is 1. The quantitative estimate of drug-likeness (QED) is 0.148. The molecule has 2 amide bonds. The van der Waals surface area contributed by atoms with Gasteiger partial charge in [-0.05, 0) is 79.9 Å². The number of hydrogen-bond donors (Lipinski definition) is 2. The van der Waals surface area contributed by atoms with Crippen LogP contribution >= 0.6 is 11.8 Å². The predicted molar refractivity (Wildman–Crippen MR) is 198 cm³/mol. The van der Waals surface area contributed by atoms with E-state index >= 15 is 0 Å². The number of rotatable bonds is 12. The van der Waals surface area contributed by atoms with Crippen molar-refractivity contribution in [3.63, 3.8) is 0 Å². The largest absolute Gasteiger partial charge is 0.497 e. The van der Waals surface area contributed by atoms with E-state index in [1.165, 1.54) is 0 Å². The zero-order valence-electron chi connectivity index (χ0n) is 30.0. The van der Waals surface area contributed by atoms with Crippen LogP contribution < -0.4 is 23.8 Å². The molecule has 0 spiro atoms. The third-order valence-electron chi connectivity index (χ3n) is 8.95. The minimum atomic E-state index is -1.82. The van der Waals surface area contributed by atoms with Gasteiger partial charge in [0.05, 0.1) is 34.1 Å². The Morgan fingerprint density at radius 3 is 2.10 bits per heavy atom. The van der Waals surface area contributed by atoms with E-state index < -0.39 is 16.7 Å². The number of likely N-dealkylation sites (N-methyl/N-ethyl adjacent to an activating group) is 1. The van der Waals surface area contributed by atoms with Crippen molar-refractivity contribution in [3.05, 3.63) is 77.9 Å². The molecule has 0 aliphatic carbocycles. The summed E-state index contributed by atoms with van der Waals surface area (Å²) in [5, 5.41) is 14.8. The number of carboxylic acid groups (broad SMARTS) is 2. The molecule has 2 aliphatic heterocycles. The average Bonchev–Trinajstić information content (AvgIpc) is 3.17. The fourth-order valence-electron chi connectivity index (χ4n) is 6.16. The van der Waals surface area contributed by atoms with Crippen molar-refractivity contribution < 1.29 is 48.3 Å².